The molecule has 0 spiro atoms. The molecular weight excluding hydrogens is 290 g/mol. The molecule has 5 nitrogen and oxygen atoms in total. The summed E-state index contributed by atoms with van der Waals surface area (Å²) in [6.07, 6.45) is 0. The molecule has 0 radical (unpaired) electrons. The minimum absolute atomic E-state index is 0.188. The Hall–Kier alpha value is -2.79. The number of phenolic OH excluding ortho intramolecular Hbond substituents is 1. The fraction of sp³-hybridized carbons (Fsp3) is 0.167. The van der Waals surface area contributed by atoms with Crippen molar-refractivity contribution in [2.75, 3.05) is 0 Å². The number of hydrogen-bond donors (Lipinski definition) is 3. The number of hydrazine groups is 1. The molecule has 1 aromatic heterocycles. The lowest BCUT2D eigenvalue weighted by molar-refractivity contribution is 0.0924. The molecule has 2 aromatic carbocycles. The van der Waals surface area contributed by atoms with Gasteiger partial charge in [-0.2, -0.15) is 0 Å². The molecule has 0 unspecified atom stereocenters. The third-order valence-corrected chi connectivity index (χ3v) is 3.87. The van der Waals surface area contributed by atoms with Gasteiger partial charge in [0.25, 0.3) is 5.91 Å². The molecule has 0 aliphatic rings. The van der Waals surface area contributed by atoms with Crippen molar-refractivity contribution < 1.29 is 9.90 Å². The predicted octanol–water partition coefficient (Wildman–Crippen LogP) is 2.63. The number of aromatic hydroxyl groups is 1. The lowest BCUT2D eigenvalue weighted by atomic mass is 10.1. The number of carbonyl (C=O) groups is 1. The Balaban J connectivity index is 1.68. The van der Waals surface area contributed by atoms with Crippen LogP contribution in [-0.2, 0) is 13.6 Å². The predicted molar refractivity (Wildman–Crippen MR) is 90.1 cm³/mol. The van der Waals surface area contributed by atoms with Crippen molar-refractivity contribution >= 4 is 16.8 Å². The standard InChI is InChI=1S/C18H19N3O2/c1-12-3-5-13(6-4-12)11-19-20-18(23)17-10-14-9-15(22)7-8-16(14)21(17)2/h3-10,19,22H,11H2,1-2H3,(H,20,23). The fourth-order valence-electron chi connectivity index (χ4n) is 2.55. The Morgan fingerprint density at radius 2 is 1.87 bits per heavy atom. The first-order valence-electron chi connectivity index (χ1n) is 7.42. The van der Waals surface area contributed by atoms with Crippen LogP contribution in [0.4, 0.5) is 0 Å². The molecule has 0 saturated heterocycles. The molecular formula is C18H19N3O2. The number of nitrogens with zero attached hydrogens (tertiary/aromatic N) is 1. The summed E-state index contributed by atoms with van der Waals surface area (Å²) < 4.78 is 1.80. The first kappa shape index (κ1) is 15.1. The summed E-state index contributed by atoms with van der Waals surface area (Å²) in [5, 5.41) is 10.4. The molecule has 3 aromatic rings. The van der Waals surface area contributed by atoms with E-state index in [1.165, 1.54) is 5.56 Å². The van der Waals surface area contributed by atoms with E-state index in [1.54, 1.807) is 28.8 Å². The van der Waals surface area contributed by atoms with E-state index in [9.17, 15) is 9.90 Å². The minimum Gasteiger partial charge on any atom is -0.508 e. The molecule has 1 amide bonds. The minimum atomic E-state index is -0.213. The zero-order valence-corrected chi connectivity index (χ0v) is 13.1. The van der Waals surface area contributed by atoms with E-state index < -0.39 is 0 Å². The Bertz CT molecular complexity index is 851. The molecule has 0 aliphatic heterocycles. The number of benzene rings is 2. The van der Waals surface area contributed by atoms with Gasteiger partial charge in [0.1, 0.15) is 11.4 Å². The Morgan fingerprint density at radius 3 is 2.61 bits per heavy atom. The van der Waals surface area contributed by atoms with Gasteiger partial charge in [0.2, 0.25) is 0 Å². The van der Waals surface area contributed by atoms with Crippen LogP contribution in [0.15, 0.2) is 48.5 Å². The summed E-state index contributed by atoms with van der Waals surface area (Å²) in [6, 6.07) is 14.9. The monoisotopic (exact) mass is 309 g/mol. The van der Waals surface area contributed by atoms with Crippen LogP contribution in [0, 0.1) is 6.92 Å². The molecule has 23 heavy (non-hydrogen) atoms. The summed E-state index contributed by atoms with van der Waals surface area (Å²) >= 11 is 0. The van der Waals surface area contributed by atoms with E-state index in [1.807, 2.05) is 38.2 Å². The summed E-state index contributed by atoms with van der Waals surface area (Å²) in [4.78, 5) is 12.3. The van der Waals surface area contributed by atoms with Crippen LogP contribution in [-0.4, -0.2) is 15.6 Å². The van der Waals surface area contributed by atoms with E-state index >= 15 is 0 Å². The smallest absolute Gasteiger partial charge is 0.282 e. The summed E-state index contributed by atoms with van der Waals surface area (Å²) in [5.41, 5.74) is 9.37. The second kappa shape index (κ2) is 6.14. The highest BCUT2D eigenvalue weighted by Gasteiger charge is 2.13. The van der Waals surface area contributed by atoms with Crippen LogP contribution in [0.3, 0.4) is 0 Å². The molecule has 0 atom stereocenters. The Morgan fingerprint density at radius 1 is 1.13 bits per heavy atom. The average Bonchev–Trinajstić information content (AvgIpc) is 2.85. The van der Waals surface area contributed by atoms with Crippen molar-refractivity contribution in [2.45, 2.75) is 13.5 Å². The number of carbonyl (C=O) groups excluding carboxylic acids is 1. The van der Waals surface area contributed by atoms with Gasteiger partial charge in [-0.05, 0) is 36.8 Å². The molecule has 118 valence electrons. The fourth-order valence-corrected chi connectivity index (χ4v) is 2.55. The molecule has 0 bridgehead atoms. The molecule has 0 saturated carbocycles. The maximum Gasteiger partial charge on any atom is 0.282 e. The number of rotatable bonds is 4. The van der Waals surface area contributed by atoms with Gasteiger partial charge in [-0.15, -0.1) is 0 Å². The molecule has 0 fully saturated rings. The third kappa shape index (κ3) is 3.19. The topological polar surface area (TPSA) is 66.3 Å². The second-order valence-corrected chi connectivity index (χ2v) is 5.62. The highest BCUT2D eigenvalue weighted by molar-refractivity contribution is 5.98. The van der Waals surface area contributed by atoms with Crippen LogP contribution in [0.1, 0.15) is 21.6 Å². The van der Waals surface area contributed by atoms with E-state index in [0.717, 1.165) is 16.5 Å². The van der Waals surface area contributed by atoms with E-state index in [4.69, 9.17) is 0 Å². The van der Waals surface area contributed by atoms with Crippen LogP contribution in [0.2, 0.25) is 0 Å². The average molecular weight is 309 g/mol. The van der Waals surface area contributed by atoms with Gasteiger partial charge < -0.3 is 9.67 Å². The molecule has 3 N–H and O–H groups in total. The highest BCUT2D eigenvalue weighted by Crippen LogP contribution is 2.22. The lowest BCUT2D eigenvalue weighted by Gasteiger charge is -2.08. The maximum absolute atomic E-state index is 12.3. The largest absolute Gasteiger partial charge is 0.508 e. The van der Waals surface area contributed by atoms with Crippen LogP contribution < -0.4 is 10.9 Å². The van der Waals surface area contributed by atoms with Crippen molar-refractivity contribution in [2.24, 2.45) is 7.05 Å². The normalized spacial score (nSPS) is 10.9. The van der Waals surface area contributed by atoms with Gasteiger partial charge in [-0.25, -0.2) is 5.43 Å². The quantitative estimate of drug-likeness (QED) is 0.649. The lowest BCUT2D eigenvalue weighted by Crippen LogP contribution is -2.37. The Labute approximate surface area is 134 Å². The zero-order valence-electron chi connectivity index (χ0n) is 13.1. The molecule has 1 heterocycles. The van der Waals surface area contributed by atoms with Crippen LogP contribution >= 0.6 is 0 Å². The van der Waals surface area contributed by atoms with E-state index in [2.05, 4.69) is 10.9 Å². The van der Waals surface area contributed by atoms with Crippen molar-refractivity contribution in [1.29, 1.82) is 0 Å². The van der Waals surface area contributed by atoms with Crippen LogP contribution in [0.5, 0.6) is 5.75 Å². The first-order chi connectivity index (χ1) is 11.0. The van der Waals surface area contributed by atoms with Crippen LogP contribution in [0.25, 0.3) is 10.9 Å². The number of aryl methyl sites for hydroxylation is 2. The van der Waals surface area contributed by atoms with Gasteiger partial charge >= 0.3 is 0 Å². The number of phenols is 1. The van der Waals surface area contributed by atoms with E-state index in [-0.39, 0.29) is 11.7 Å². The summed E-state index contributed by atoms with van der Waals surface area (Å²) in [6.45, 7) is 2.59. The van der Waals surface area contributed by atoms with Gasteiger partial charge in [-0.3, -0.25) is 10.2 Å². The summed E-state index contributed by atoms with van der Waals surface area (Å²) in [5.74, 6) is -0.0251. The molecule has 5 heteroatoms. The SMILES string of the molecule is Cc1ccc(CNNC(=O)c2cc3cc(O)ccc3n2C)cc1. The maximum atomic E-state index is 12.3. The third-order valence-electron chi connectivity index (χ3n) is 3.87. The first-order valence-corrected chi connectivity index (χ1v) is 7.42. The highest BCUT2D eigenvalue weighted by atomic mass is 16.3. The second-order valence-electron chi connectivity index (χ2n) is 5.62. The summed E-state index contributed by atoms with van der Waals surface area (Å²) in [7, 11) is 1.83. The van der Waals surface area contributed by atoms with Gasteiger partial charge in [0.15, 0.2) is 0 Å². The number of hydrogen-bond acceptors (Lipinski definition) is 3. The Kier molecular flexibility index (Phi) is 4.04. The number of amides is 1. The molecule has 3 rings (SSSR count). The number of aromatic nitrogens is 1. The van der Waals surface area contributed by atoms with Crippen molar-refractivity contribution in [3.8, 4) is 5.75 Å². The van der Waals surface area contributed by atoms with E-state index in [0.29, 0.717) is 12.2 Å². The van der Waals surface area contributed by atoms with Crippen molar-refractivity contribution in [1.82, 2.24) is 15.4 Å². The van der Waals surface area contributed by atoms with Crippen molar-refractivity contribution in [3.05, 3.63) is 65.4 Å². The van der Waals surface area contributed by atoms with Gasteiger partial charge in [-0.1, -0.05) is 29.8 Å². The van der Waals surface area contributed by atoms with Gasteiger partial charge in [0.05, 0.1) is 0 Å². The zero-order chi connectivity index (χ0) is 16.4. The number of nitrogens with one attached hydrogen (secondary N) is 2. The van der Waals surface area contributed by atoms with Gasteiger partial charge in [0, 0.05) is 24.5 Å². The number of fused-ring (bicyclic) bond motifs is 1. The molecule has 0 aliphatic carbocycles. The van der Waals surface area contributed by atoms with Crippen molar-refractivity contribution in [3.63, 3.8) is 0 Å².